The number of rotatable bonds is 13. The molecule has 0 aliphatic heterocycles. The van der Waals surface area contributed by atoms with Crippen LogP contribution in [0.4, 0.5) is 17.6 Å². The molecular weight excluding hydrogens is 872 g/mol. The van der Waals surface area contributed by atoms with E-state index in [1.165, 1.54) is 48.7 Å². The van der Waals surface area contributed by atoms with Gasteiger partial charge in [0.15, 0.2) is 8.32 Å². The molecule has 0 saturated heterocycles. The third-order valence-corrected chi connectivity index (χ3v) is 21.8. The summed E-state index contributed by atoms with van der Waals surface area (Å²) in [7, 11) is -13.5. The second-order valence-corrected chi connectivity index (χ2v) is 26.2. The van der Waals surface area contributed by atoms with Gasteiger partial charge in [-0.3, -0.25) is 4.68 Å². The van der Waals surface area contributed by atoms with Gasteiger partial charge >= 0.3 is 10.9 Å². The van der Waals surface area contributed by atoms with Crippen molar-refractivity contribution >= 4 is 50.6 Å². The molecule has 324 valence electrons. The van der Waals surface area contributed by atoms with Crippen molar-refractivity contribution in [3.05, 3.63) is 126 Å². The lowest BCUT2D eigenvalue weighted by atomic mass is 9.90. The van der Waals surface area contributed by atoms with Crippen molar-refractivity contribution < 1.29 is 43.6 Å². The van der Waals surface area contributed by atoms with Crippen molar-refractivity contribution in [2.45, 2.75) is 103 Å². The number of halogens is 5. The van der Waals surface area contributed by atoms with E-state index in [1.54, 1.807) is 6.20 Å². The van der Waals surface area contributed by atoms with Crippen LogP contribution >= 0.6 is 11.6 Å². The summed E-state index contributed by atoms with van der Waals surface area (Å²) in [6.07, 6.45) is 9.54. The third kappa shape index (κ3) is 8.15. The van der Waals surface area contributed by atoms with E-state index in [9.17, 15) is 25.6 Å². The Morgan fingerprint density at radius 1 is 0.869 bits per heavy atom. The molecule has 1 aliphatic carbocycles. The summed E-state index contributed by atoms with van der Waals surface area (Å²) in [5, 5.41) is 3.67. The molecule has 3 heterocycles. The standard InChI is InChI=1S/C43H45ClF4N4O6S2Si/c1-42(2,3)61(4,5)58-30-18-16-29(17-19-30)52-26-28(24-51-52)27-22-33-34(25-50-40(33)49-23-27)38(37-36(57-41(46)47)21-20-35(45)39(37)44)43(48,59(53,54)31-12-8-6-9-13-31)60(55,56)32-14-10-7-11-15-32/h6-15,20-26,29-30,38,41H,16-19H2,1-5H3,(H,49,50). The molecule has 1 aliphatic rings. The summed E-state index contributed by atoms with van der Waals surface area (Å²) >= 11 is 6.51. The predicted molar refractivity (Wildman–Crippen MR) is 228 cm³/mol. The second kappa shape index (κ2) is 16.6. The first-order chi connectivity index (χ1) is 28.7. The normalized spacial score (nSPS) is 17.5. The zero-order valence-corrected chi connectivity index (χ0v) is 37.3. The maximum absolute atomic E-state index is 19.1. The molecular formula is C43H45ClF4N4O6S2Si. The first kappa shape index (κ1) is 44.5. The number of fused-ring (bicyclic) bond motifs is 1. The number of alkyl halides is 3. The maximum atomic E-state index is 19.1. The van der Waals surface area contributed by atoms with Crippen LogP contribution in [-0.4, -0.2) is 61.9 Å². The van der Waals surface area contributed by atoms with Gasteiger partial charge in [-0.05, 0) is 91.8 Å². The van der Waals surface area contributed by atoms with Gasteiger partial charge in [0.25, 0.3) is 0 Å². The lowest BCUT2D eigenvalue weighted by Crippen LogP contribution is -2.48. The molecule has 1 N–H and O–H groups in total. The van der Waals surface area contributed by atoms with Gasteiger partial charge in [0.2, 0.25) is 19.7 Å². The fourth-order valence-electron chi connectivity index (χ4n) is 7.63. The number of hydrogen-bond acceptors (Lipinski definition) is 8. The van der Waals surface area contributed by atoms with E-state index in [2.05, 4.69) is 48.9 Å². The average molecular weight is 918 g/mol. The van der Waals surface area contributed by atoms with Crippen molar-refractivity contribution in [1.82, 2.24) is 19.7 Å². The minimum absolute atomic E-state index is 0.0181. The lowest BCUT2D eigenvalue weighted by Gasteiger charge is -2.41. The minimum atomic E-state index is -5.75. The summed E-state index contributed by atoms with van der Waals surface area (Å²) in [6, 6.07) is 14.8. The Morgan fingerprint density at radius 2 is 1.46 bits per heavy atom. The highest BCUT2D eigenvalue weighted by Crippen LogP contribution is 2.55. The zero-order valence-electron chi connectivity index (χ0n) is 34.0. The van der Waals surface area contributed by atoms with Crippen LogP contribution in [0.3, 0.4) is 0 Å². The Balaban J connectivity index is 1.39. The van der Waals surface area contributed by atoms with Crippen molar-refractivity contribution in [2.75, 3.05) is 0 Å². The first-order valence-corrected chi connectivity index (χ1v) is 25.8. The summed E-state index contributed by atoms with van der Waals surface area (Å²) in [6.45, 7) is 7.51. The molecule has 1 saturated carbocycles. The van der Waals surface area contributed by atoms with Crippen molar-refractivity contribution in [3.63, 3.8) is 0 Å². The fourth-order valence-corrected chi connectivity index (χ4v) is 13.8. The Hall–Kier alpha value is -4.55. The van der Waals surface area contributed by atoms with Crippen LogP contribution < -0.4 is 4.74 Å². The van der Waals surface area contributed by atoms with Gasteiger partial charge in [0.1, 0.15) is 17.2 Å². The highest BCUT2D eigenvalue weighted by Gasteiger charge is 2.65. The van der Waals surface area contributed by atoms with Crippen LogP contribution in [0.2, 0.25) is 23.2 Å². The van der Waals surface area contributed by atoms with Crippen LogP contribution in [0.1, 0.15) is 69.5 Å². The molecule has 10 nitrogen and oxygen atoms in total. The average Bonchev–Trinajstić information content (AvgIpc) is 3.88. The zero-order chi connectivity index (χ0) is 44.1. The van der Waals surface area contributed by atoms with Crippen LogP contribution in [0.15, 0.2) is 113 Å². The van der Waals surface area contributed by atoms with E-state index in [1.807, 2.05) is 10.9 Å². The Bertz CT molecular complexity index is 2690. The number of nitrogens with one attached hydrogen (secondary N) is 1. The molecule has 1 atom stereocenters. The number of benzene rings is 3. The Labute approximate surface area is 358 Å². The highest BCUT2D eigenvalue weighted by molar-refractivity contribution is 8.10. The molecule has 7 rings (SSSR count). The number of aromatic nitrogens is 4. The van der Waals surface area contributed by atoms with Crippen LogP contribution in [0.5, 0.6) is 5.75 Å². The van der Waals surface area contributed by atoms with Gasteiger partial charge in [-0.15, -0.1) is 0 Å². The SMILES string of the molecule is CC(C)(C)[Si](C)(C)OC1CCC(n2cc(-c3cnc4[nH]cc(C(c5c(OC(F)F)ccc(F)c5Cl)C(F)(S(=O)(=O)c5ccccc5)S(=O)(=O)c5ccccc5)c4c3)cn2)CC1. The number of nitrogens with zero attached hydrogens (tertiary/aromatic N) is 3. The highest BCUT2D eigenvalue weighted by atomic mass is 35.5. The topological polar surface area (TPSA) is 133 Å². The number of sulfone groups is 2. The monoisotopic (exact) mass is 916 g/mol. The smallest absolute Gasteiger partial charge is 0.387 e. The number of H-pyrrole nitrogens is 1. The van der Waals surface area contributed by atoms with Crippen LogP contribution in [0.25, 0.3) is 22.2 Å². The second-order valence-electron chi connectivity index (χ2n) is 16.7. The van der Waals surface area contributed by atoms with E-state index in [-0.39, 0.29) is 28.2 Å². The molecule has 3 aromatic heterocycles. The first-order valence-electron chi connectivity index (χ1n) is 19.6. The molecule has 6 aromatic rings. The summed E-state index contributed by atoms with van der Waals surface area (Å²) in [5.74, 6) is -4.92. The quantitative estimate of drug-likeness (QED) is 0.0894. The molecule has 3 aromatic carbocycles. The Kier molecular flexibility index (Phi) is 12.1. The number of aromatic amines is 1. The van der Waals surface area contributed by atoms with E-state index >= 15 is 8.78 Å². The van der Waals surface area contributed by atoms with E-state index in [4.69, 9.17) is 20.8 Å². The molecule has 0 bridgehead atoms. The number of pyridine rings is 1. The van der Waals surface area contributed by atoms with E-state index in [0.717, 1.165) is 56.1 Å². The van der Waals surface area contributed by atoms with Crippen molar-refractivity contribution in [1.29, 1.82) is 0 Å². The van der Waals surface area contributed by atoms with Gasteiger partial charge in [0.05, 0.1) is 33.0 Å². The summed E-state index contributed by atoms with van der Waals surface area (Å²) < 4.78 is 131. The fraction of sp³-hybridized carbons (Fsp3) is 0.349. The van der Waals surface area contributed by atoms with Gasteiger partial charge in [-0.1, -0.05) is 68.8 Å². The summed E-state index contributed by atoms with van der Waals surface area (Å²) in [5.41, 5.74) is -0.371. The number of hydrogen-bond donors (Lipinski definition) is 1. The molecule has 1 fully saturated rings. The molecule has 18 heteroatoms. The number of ether oxygens (including phenoxy) is 1. The molecule has 0 spiro atoms. The van der Waals surface area contributed by atoms with Gasteiger partial charge < -0.3 is 14.1 Å². The molecule has 0 amide bonds. The van der Waals surface area contributed by atoms with Gasteiger partial charge in [-0.25, -0.2) is 30.6 Å². The van der Waals surface area contributed by atoms with E-state index < -0.39 is 82.4 Å². The van der Waals surface area contributed by atoms with Crippen molar-refractivity contribution in [3.8, 4) is 16.9 Å². The third-order valence-electron chi connectivity index (χ3n) is 11.9. The molecule has 1 unspecified atom stereocenters. The predicted octanol–water partition coefficient (Wildman–Crippen LogP) is 11.0. The largest absolute Gasteiger partial charge is 0.434 e. The summed E-state index contributed by atoms with van der Waals surface area (Å²) in [4.78, 5) is 5.79. The maximum Gasteiger partial charge on any atom is 0.387 e. The van der Waals surface area contributed by atoms with E-state index in [0.29, 0.717) is 23.3 Å². The molecule has 61 heavy (non-hydrogen) atoms. The Morgan fingerprint density at radius 3 is 2.02 bits per heavy atom. The lowest BCUT2D eigenvalue weighted by molar-refractivity contribution is -0.0507. The molecule has 0 radical (unpaired) electrons. The van der Waals surface area contributed by atoms with Gasteiger partial charge in [-0.2, -0.15) is 13.9 Å². The van der Waals surface area contributed by atoms with Gasteiger partial charge in [0, 0.05) is 46.8 Å². The van der Waals surface area contributed by atoms with Crippen LogP contribution in [0, 0.1) is 5.82 Å². The van der Waals surface area contributed by atoms with Crippen LogP contribution in [-0.2, 0) is 24.1 Å². The van der Waals surface area contributed by atoms with Crippen molar-refractivity contribution in [2.24, 2.45) is 0 Å². The minimum Gasteiger partial charge on any atom is -0.434 e.